The number of nitrogens with zero attached hydrogens (tertiary/aromatic N) is 1. The maximum absolute atomic E-state index is 14.1. The molecule has 2 N–H and O–H groups in total. The lowest BCUT2D eigenvalue weighted by Gasteiger charge is -2.31. The summed E-state index contributed by atoms with van der Waals surface area (Å²) >= 11 is 5.25. The van der Waals surface area contributed by atoms with Gasteiger partial charge in [0.15, 0.2) is 6.61 Å². The van der Waals surface area contributed by atoms with E-state index in [1.807, 2.05) is 0 Å². The lowest BCUT2D eigenvalue weighted by atomic mass is 9.82. The Balaban J connectivity index is 1.30. The minimum Gasteiger partial charge on any atom is -0.483 e. The third-order valence-electron chi connectivity index (χ3n) is 7.60. The molecule has 6 rings (SSSR count). The van der Waals surface area contributed by atoms with E-state index in [4.69, 9.17) is 9.47 Å². The largest absolute Gasteiger partial charge is 0.483 e. The molecular formula is C32H23BrF3N3O7S2. The number of H-pyrrole nitrogens is 1. The zero-order chi connectivity index (χ0) is 34.3. The zero-order valence-electron chi connectivity index (χ0n) is 24.6. The molecule has 1 fully saturated rings. The van der Waals surface area contributed by atoms with Crippen LogP contribution in [0.5, 0.6) is 5.75 Å². The first-order valence-electron chi connectivity index (χ1n) is 14.3. The molecule has 1 aromatic heterocycles. The minimum atomic E-state index is -4.70. The number of hydrogen-bond acceptors (Lipinski definition) is 9. The molecule has 2 aliphatic rings. The average molecular weight is 763 g/mol. The van der Waals surface area contributed by atoms with E-state index >= 15 is 0 Å². The molecule has 0 aliphatic carbocycles. The fourth-order valence-electron chi connectivity index (χ4n) is 5.57. The summed E-state index contributed by atoms with van der Waals surface area (Å²) in [6, 6.07) is 14.9. The third kappa shape index (κ3) is 6.51. The number of carbonyl (C=O) groups excluding carboxylic acids is 4. The first kappa shape index (κ1) is 33.5. The van der Waals surface area contributed by atoms with E-state index < -0.39 is 64.0 Å². The molecule has 16 heteroatoms. The molecule has 3 atom stereocenters. The number of amides is 3. The van der Waals surface area contributed by atoms with Crippen LogP contribution in [0, 0.1) is 5.92 Å². The van der Waals surface area contributed by atoms with Crippen LogP contribution in [0.2, 0.25) is 0 Å². The van der Waals surface area contributed by atoms with Gasteiger partial charge in [0.1, 0.15) is 11.0 Å². The van der Waals surface area contributed by atoms with Gasteiger partial charge < -0.3 is 19.8 Å². The van der Waals surface area contributed by atoms with Gasteiger partial charge in [0.25, 0.3) is 5.91 Å². The number of ether oxygens (including phenoxy) is 2. The second kappa shape index (κ2) is 13.2. The Morgan fingerprint density at radius 2 is 1.77 bits per heavy atom. The van der Waals surface area contributed by atoms with E-state index in [0.717, 1.165) is 46.2 Å². The highest BCUT2D eigenvalue weighted by Crippen LogP contribution is 2.55. The normalized spacial score (nSPS) is 18.7. The topological polar surface area (TPSA) is 135 Å². The molecule has 0 spiro atoms. The predicted molar refractivity (Wildman–Crippen MR) is 175 cm³/mol. The van der Waals surface area contributed by atoms with E-state index in [-0.39, 0.29) is 18.0 Å². The Morgan fingerprint density at radius 3 is 2.48 bits per heavy atom. The van der Waals surface area contributed by atoms with Gasteiger partial charge in [-0.1, -0.05) is 45.1 Å². The van der Waals surface area contributed by atoms with E-state index in [9.17, 15) is 37.1 Å². The summed E-state index contributed by atoms with van der Waals surface area (Å²) in [4.78, 5) is 68.6. The number of alkyl halides is 3. The Bertz CT molecular complexity index is 2000. The number of rotatable bonds is 8. The van der Waals surface area contributed by atoms with Crippen LogP contribution in [-0.4, -0.2) is 47.1 Å². The number of fused-ring (bicyclic) bond motifs is 2. The number of aromatic amines is 1. The van der Waals surface area contributed by atoms with E-state index in [1.165, 1.54) is 30.3 Å². The van der Waals surface area contributed by atoms with E-state index in [1.54, 1.807) is 25.1 Å². The smallest absolute Gasteiger partial charge is 0.416 e. The van der Waals surface area contributed by atoms with Gasteiger partial charge in [-0.25, -0.2) is 9.69 Å². The summed E-state index contributed by atoms with van der Waals surface area (Å²) in [7, 11) is 0. The van der Waals surface area contributed by atoms with Crippen molar-refractivity contribution >= 4 is 74.1 Å². The summed E-state index contributed by atoms with van der Waals surface area (Å²) in [5.41, 5.74) is -0.143. The Morgan fingerprint density at radius 1 is 1.02 bits per heavy atom. The monoisotopic (exact) mass is 761 g/mol. The standard InChI is InChI=1S/C32H23BrF3N3O7S2/c1-2-45-30(43)15-6-9-18(10-7-15)37-22(40)14-46-21-11-8-17(33)13-20(21)23-24-26(47-27-25(23)48-31(44)38-27)29(42)39(28(24)41)19-5-3-4-16(12-19)32(34,35)36/h3-13,23-24,26H,2,14H2,1H3,(H,37,40)(H,38,44). The predicted octanol–water partition coefficient (Wildman–Crippen LogP) is 6.21. The number of thioether (sulfide) groups is 1. The third-order valence-corrected chi connectivity index (χ3v) is 10.5. The average Bonchev–Trinajstić information content (AvgIpc) is 3.54. The first-order valence-corrected chi connectivity index (χ1v) is 16.8. The fourth-order valence-corrected chi connectivity index (χ4v) is 8.45. The number of halogens is 4. The highest BCUT2D eigenvalue weighted by atomic mass is 79.9. The SMILES string of the molecule is CCOC(=O)c1ccc(NC(=O)COc2ccc(Br)cc2C2c3sc(=O)[nH]c3SC3C(=O)N(c4cccc(C(F)(F)F)c4)C(=O)C32)cc1. The van der Waals surface area contributed by atoms with Crippen LogP contribution in [0.4, 0.5) is 24.5 Å². The van der Waals surface area contributed by atoms with Crippen molar-refractivity contribution in [3.8, 4) is 5.75 Å². The lowest BCUT2D eigenvalue weighted by Crippen LogP contribution is -2.32. The molecule has 2 aliphatic heterocycles. The maximum atomic E-state index is 14.1. The Hall–Kier alpha value is -4.41. The molecule has 0 saturated carbocycles. The summed E-state index contributed by atoms with van der Waals surface area (Å²) < 4.78 is 52.0. The number of hydrogen-bond donors (Lipinski definition) is 2. The second-order valence-corrected chi connectivity index (χ2v) is 13.7. The van der Waals surface area contributed by atoms with Crippen molar-refractivity contribution < 1.29 is 41.8 Å². The number of aromatic nitrogens is 1. The molecule has 3 amide bonds. The van der Waals surface area contributed by atoms with Crippen molar-refractivity contribution in [2.75, 3.05) is 23.4 Å². The van der Waals surface area contributed by atoms with Crippen molar-refractivity contribution in [3.05, 3.63) is 102 Å². The number of anilines is 2. The molecule has 3 unspecified atom stereocenters. The highest BCUT2D eigenvalue weighted by Gasteiger charge is 2.57. The molecule has 10 nitrogen and oxygen atoms in total. The van der Waals surface area contributed by atoms with Gasteiger partial charge in [0, 0.05) is 26.5 Å². The summed E-state index contributed by atoms with van der Waals surface area (Å²) in [6.07, 6.45) is -4.70. The lowest BCUT2D eigenvalue weighted by molar-refractivity contribution is -0.137. The summed E-state index contributed by atoms with van der Waals surface area (Å²) in [6.45, 7) is 1.44. The zero-order valence-corrected chi connectivity index (χ0v) is 27.8. The van der Waals surface area contributed by atoms with Gasteiger partial charge >= 0.3 is 17.0 Å². The summed E-state index contributed by atoms with van der Waals surface area (Å²) in [5.74, 6) is -4.34. The van der Waals surface area contributed by atoms with Crippen molar-refractivity contribution in [1.29, 1.82) is 0 Å². The second-order valence-electron chi connectivity index (χ2n) is 10.6. The van der Waals surface area contributed by atoms with Gasteiger partial charge in [-0.3, -0.25) is 19.2 Å². The molecule has 3 aromatic carbocycles. The van der Waals surface area contributed by atoms with Gasteiger partial charge in [-0.2, -0.15) is 13.2 Å². The molecule has 3 heterocycles. The van der Waals surface area contributed by atoms with Crippen LogP contribution in [0.25, 0.3) is 0 Å². The van der Waals surface area contributed by atoms with Crippen molar-refractivity contribution in [2.45, 2.75) is 29.3 Å². The number of benzene rings is 3. The fraction of sp³-hybridized carbons (Fsp3) is 0.219. The summed E-state index contributed by atoms with van der Waals surface area (Å²) in [5, 5.41) is 1.96. The molecule has 0 radical (unpaired) electrons. The number of nitrogens with one attached hydrogen (secondary N) is 2. The van der Waals surface area contributed by atoms with Crippen molar-refractivity contribution in [2.24, 2.45) is 5.92 Å². The number of esters is 1. The number of thiazole rings is 1. The molecule has 4 aromatic rings. The highest BCUT2D eigenvalue weighted by molar-refractivity contribution is 9.10. The van der Waals surface area contributed by atoms with E-state index in [0.29, 0.717) is 31.2 Å². The van der Waals surface area contributed by atoms with E-state index in [2.05, 4.69) is 26.2 Å². The van der Waals surface area contributed by atoms with Gasteiger partial charge in [-0.15, -0.1) is 0 Å². The van der Waals surface area contributed by atoms with Crippen LogP contribution < -0.4 is 19.8 Å². The molecule has 48 heavy (non-hydrogen) atoms. The van der Waals surface area contributed by atoms with Crippen LogP contribution in [0.3, 0.4) is 0 Å². The Kier molecular flexibility index (Phi) is 9.24. The van der Waals surface area contributed by atoms with Gasteiger partial charge in [0.05, 0.1) is 34.4 Å². The van der Waals surface area contributed by atoms with Crippen LogP contribution in [-0.2, 0) is 25.3 Å². The van der Waals surface area contributed by atoms with Crippen molar-refractivity contribution in [1.82, 2.24) is 4.98 Å². The maximum Gasteiger partial charge on any atom is 0.416 e. The molecule has 1 saturated heterocycles. The number of carbonyl (C=O) groups is 4. The van der Waals surface area contributed by atoms with Crippen LogP contribution >= 0.6 is 39.0 Å². The van der Waals surface area contributed by atoms with Crippen LogP contribution in [0.15, 0.2) is 81.0 Å². The number of imide groups is 1. The van der Waals surface area contributed by atoms with Gasteiger partial charge in [0.2, 0.25) is 11.8 Å². The Labute approximate surface area is 286 Å². The minimum absolute atomic E-state index is 0.186. The van der Waals surface area contributed by atoms with Gasteiger partial charge in [-0.05, 0) is 67.6 Å². The molecular weight excluding hydrogens is 739 g/mol. The van der Waals surface area contributed by atoms with Crippen LogP contribution in [0.1, 0.15) is 39.2 Å². The first-order chi connectivity index (χ1) is 22.8. The quantitative estimate of drug-likeness (QED) is 0.160. The molecule has 248 valence electrons. The molecule has 0 bridgehead atoms. The van der Waals surface area contributed by atoms with Crippen molar-refractivity contribution in [3.63, 3.8) is 0 Å².